The monoisotopic (exact) mass is 435 g/mol. The highest BCUT2D eigenvalue weighted by Crippen LogP contribution is 2.22. The van der Waals surface area contributed by atoms with Crippen molar-refractivity contribution in [1.82, 2.24) is 5.32 Å². The number of nitrogens with one attached hydrogen (secondary N) is 2. The molecule has 2 rings (SSSR count). The normalized spacial score (nSPS) is 11.6. The number of quaternary nitrogens is 1. The smallest absolute Gasteiger partial charge is 0.269 e. The minimum atomic E-state index is -0.487. The maximum atomic E-state index is 12.7. The lowest BCUT2D eigenvalue weighted by molar-refractivity contribution is -0.896. The van der Waals surface area contributed by atoms with Gasteiger partial charge in [0.25, 0.3) is 11.6 Å². The van der Waals surface area contributed by atoms with Crippen molar-refractivity contribution >= 4 is 11.6 Å². The predicted octanol–water partition coefficient (Wildman–Crippen LogP) is -0.129. The second-order valence-electron chi connectivity index (χ2n) is 7.12. The molecule has 1 unspecified atom stereocenters. The predicted molar refractivity (Wildman–Crippen MR) is 112 cm³/mol. The van der Waals surface area contributed by atoms with Gasteiger partial charge in [-0.2, -0.15) is 0 Å². The maximum absolute atomic E-state index is 12.7. The summed E-state index contributed by atoms with van der Waals surface area (Å²) < 4.78 is 0. The second kappa shape index (κ2) is 12.8. The zero-order valence-electron chi connectivity index (χ0n) is 17.4. The van der Waals surface area contributed by atoms with Crippen molar-refractivity contribution in [3.8, 4) is 5.75 Å². The summed E-state index contributed by atoms with van der Waals surface area (Å²) in [5.41, 5.74) is 1.26. The average Bonchev–Trinajstić information content (AvgIpc) is 2.73. The highest BCUT2D eigenvalue weighted by molar-refractivity contribution is 5.94. The molecule has 3 N–H and O–H groups in total. The Morgan fingerprint density at radius 3 is 2.20 bits per heavy atom. The van der Waals surface area contributed by atoms with Gasteiger partial charge in [0, 0.05) is 17.7 Å². The van der Waals surface area contributed by atoms with Crippen LogP contribution in [0.15, 0.2) is 48.5 Å². The number of phenols is 1. The number of carbonyl (C=O) groups excluding carboxylic acids is 1. The van der Waals surface area contributed by atoms with Crippen molar-refractivity contribution < 1.29 is 32.1 Å². The number of halogens is 1. The van der Waals surface area contributed by atoms with Crippen molar-refractivity contribution in [1.29, 1.82) is 0 Å². The summed E-state index contributed by atoms with van der Waals surface area (Å²) in [6, 6.07) is 12.2. The molecule has 30 heavy (non-hydrogen) atoms. The van der Waals surface area contributed by atoms with E-state index in [1.54, 1.807) is 17.0 Å². The van der Waals surface area contributed by atoms with E-state index in [9.17, 15) is 20.0 Å². The number of hydrogen-bond acceptors (Lipinski definition) is 4. The number of rotatable bonds is 11. The van der Waals surface area contributed by atoms with Gasteiger partial charge in [0.2, 0.25) is 0 Å². The van der Waals surface area contributed by atoms with Crippen LogP contribution < -0.4 is 22.6 Å². The third-order valence-electron chi connectivity index (χ3n) is 5.21. The number of nitrogens with zero attached hydrogens (tertiary/aromatic N) is 1. The maximum Gasteiger partial charge on any atom is 0.269 e. The second-order valence-corrected chi connectivity index (χ2v) is 7.12. The summed E-state index contributed by atoms with van der Waals surface area (Å²) in [5, 5.41) is 23.4. The van der Waals surface area contributed by atoms with Crippen molar-refractivity contribution in [2.45, 2.75) is 39.2 Å². The molecule has 0 aliphatic rings. The van der Waals surface area contributed by atoms with Gasteiger partial charge in [0.1, 0.15) is 5.75 Å². The summed E-state index contributed by atoms with van der Waals surface area (Å²) in [4.78, 5) is 24.5. The lowest BCUT2D eigenvalue weighted by Crippen LogP contribution is -3.11. The Bertz CT molecular complexity index is 793. The molecule has 0 radical (unpaired) electrons. The Balaban J connectivity index is 0.00000450. The molecule has 8 heteroatoms. The standard InChI is InChI=1S/C22H29N3O4.ClH/c1-3-24(4-2)16-6-5-7-21(17-10-14-20(26)15-11-17)23-22(27)18-8-12-19(13-9-18)25(28)29;/h8-15,21,26H,3-7,16H2,1-2H3,(H,23,27);1H. The van der Waals surface area contributed by atoms with E-state index in [0.717, 1.165) is 44.5 Å². The molecule has 7 nitrogen and oxygen atoms in total. The minimum absolute atomic E-state index is 0. The number of carbonyl (C=O) groups is 1. The molecule has 0 spiro atoms. The third kappa shape index (κ3) is 7.65. The first-order chi connectivity index (χ1) is 13.9. The van der Waals surface area contributed by atoms with Gasteiger partial charge in [-0.15, -0.1) is 0 Å². The molecule has 0 saturated heterocycles. The summed E-state index contributed by atoms with van der Waals surface area (Å²) >= 11 is 0. The first kappa shape index (κ1) is 25.4. The fourth-order valence-corrected chi connectivity index (χ4v) is 3.33. The van der Waals surface area contributed by atoms with Crippen molar-refractivity contribution in [2.75, 3.05) is 19.6 Å². The molecule has 0 fully saturated rings. The number of nitro groups is 1. The highest BCUT2D eigenvalue weighted by atomic mass is 35.5. The van der Waals surface area contributed by atoms with Crippen LogP contribution in [0.3, 0.4) is 0 Å². The van der Waals surface area contributed by atoms with Crippen LogP contribution in [0, 0.1) is 10.1 Å². The summed E-state index contributed by atoms with van der Waals surface area (Å²) in [5.74, 6) is -0.0910. The summed E-state index contributed by atoms with van der Waals surface area (Å²) in [6.07, 6.45) is 2.82. The van der Waals surface area contributed by atoms with E-state index >= 15 is 0 Å². The number of amides is 1. The van der Waals surface area contributed by atoms with E-state index < -0.39 is 4.92 Å². The number of unbranched alkanes of at least 4 members (excludes halogenated alkanes) is 1. The van der Waals surface area contributed by atoms with Gasteiger partial charge in [0.15, 0.2) is 0 Å². The highest BCUT2D eigenvalue weighted by Gasteiger charge is 2.17. The molecule has 0 aliphatic carbocycles. The molecule has 1 amide bonds. The number of phenolic OH excluding ortho intramolecular Hbond substituents is 1. The third-order valence-corrected chi connectivity index (χ3v) is 5.21. The van der Waals surface area contributed by atoms with Crippen LogP contribution in [0.4, 0.5) is 5.69 Å². The molecule has 0 heterocycles. The number of benzene rings is 2. The van der Waals surface area contributed by atoms with E-state index in [1.165, 1.54) is 24.3 Å². The lowest BCUT2D eigenvalue weighted by Gasteiger charge is -2.20. The Labute approximate surface area is 183 Å². The molecule has 1 atom stereocenters. The molecule has 0 aromatic heterocycles. The van der Waals surface area contributed by atoms with Crippen LogP contribution in [0.1, 0.15) is 55.1 Å². The van der Waals surface area contributed by atoms with Crippen LogP contribution in [0.5, 0.6) is 5.75 Å². The Morgan fingerprint density at radius 1 is 1.07 bits per heavy atom. The Kier molecular flexibility index (Phi) is 10.9. The van der Waals surface area contributed by atoms with Gasteiger partial charge >= 0.3 is 0 Å². The van der Waals surface area contributed by atoms with Gasteiger partial charge in [-0.25, -0.2) is 0 Å². The molecule has 2 aromatic rings. The fourth-order valence-electron chi connectivity index (χ4n) is 3.33. The van der Waals surface area contributed by atoms with Gasteiger partial charge in [-0.3, -0.25) is 14.9 Å². The van der Waals surface area contributed by atoms with E-state index in [0.29, 0.717) is 5.56 Å². The van der Waals surface area contributed by atoms with Crippen LogP contribution in [-0.4, -0.2) is 35.6 Å². The largest absolute Gasteiger partial charge is 1.00 e. The molecule has 0 bridgehead atoms. The van der Waals surface area contributed by atoms with Gasteiger partial charge in [-0.1, -0.05) is 12.1 Å². The van der Waals surface area contributed by atoms with E-state index in [1.807, 2.05) is 12.1 Å². The number of aromatic hydroxyl groups is 1. The number of hydrogen-bond donors (Lipinski definition) is 3. The Morgan fingerprint density at radius 2 is 1.67 bits per heavy atom. The van der Waals surface area contributed by atoms with Crippen LogP contribution in [0.2, 0.25) is 0 Å². The average molecular weight is 436 g/mol. The molecule has 0 saturated carbocycles. The topological polar surface area (TPSA) is 96.9 Å². The summed E-state index contributed by atoms with van der Waals surface area (Å²) in [7, 11) is 0. The fraction of sp³-hybridized carbons (Fsp3) is 0.409. The van der Waals surface area contributed by atoms with E-state index in [2.05, 4.69) is 19.2 Å². The van der Waals surface area contributed by atoms with Crippen molar-refractivity contribution in [3.63, 3.8) is 0 Å². The molecule has 164 valence electrons. The minimum Gasteiger partial charge on any atom is -1.00 e. The first-order valence-corrected chi connectivity index (χ1v) is 10.1. The Hall–Kier alpha value is -2.64. The van der Waals surface area contributed by atoms with Gasteiger partial charge in [-0.05, 0) is 62.9 Å². The van der Waals surface area contributed by atoms with Crippen molar-refractivity contribution in [2.24, 2.45) is 0 Å². The van der Waals surface area contributed by atoms with Gasteiger partial charge in [0.05, 0.1) is 30.6 Å². The first-order valence-electron chi connectivity index (χ1n) is 10.1. The van der Waals surface area contributed by atoms with Crippen molar-refractivity contribution in [3.05, 3.63) is 69.8 Å². The molecular formula is C22H30ClN3O4. The number of nitro benzene ring substituents is 1. The quantitative estimate of drug-likeness (QED) is 0.260. The molecule has 0 aliphatic heterocycles. The van der Waals surface area contributed by atoms with E-state index in [-0.39, 0.29) is 35.8 Å². The number of non-ortho nitro benzene ring substituents is 1. The SMILES string of the molecule is CC[NH+](CC)CCCCC(NC(=O)c1ccc([N+](=O)[O-])cc1)c1ccc(O)cc1.[Cl-]. The molecular weight excluding hydrogens is 406 g/mol. The zero-order chi connectivity index (χ0) is 21.2. The van der Waals surface area contributed by atoms with E-state index in [4.69, 9.17) is 0 Å². The summed E-state index contributed by atoms with van der Waals surface area (Å²) in [6.45, 7) is 7.68. The molecule has 2 aromatic carbocycles. The zero-order valence-corrected chi connectivity index (χ0v) is 18.2. The van der Waals surface area contributed by atoms with Crippen LogP contribution >= 0.6 is 0 Å². The van der Waals surface area contributed by atoms with Crippen LogP contribution in [0.25, 0.3) is 0 Å². The van der Waals surface area contributed by atoms with Gasteiger partial charge < -0.3 is 27.7 Å². The van der Waals surface area contributed by atoms with Crippen LogP contribution in [-0.2, 0) is 0 Å². The lowest BCUT2D eigenvalue weighted by atomic mass is 10.00.